The van der Waals surface area contributed by atoms with Gasteiger partial charge in [-0.1, -0.05) is 18.2 Å². The van der Waals surface area contributed by atoms with E-state index < -0.39 is 11.7 Å². The zero-order valence-corrected chi connectivity index (χ0v) is 16.7. The molecule has 3 aromatic rings. The minimum absolute atomic E-state index is 0.0336. The van der Waals surface area contributed by atoms with Crippen LogP contribution in [0.2, 0.25) is 0 Å². The van der Waals surface area contributed by atoms with Gasteiger partial charge in [0.15, 0.2) is 0 Å². The standard InChI is InChI=1S/C22H22F3N3O3/c23-22(24,25)16-6-7-20(27-12-16)31-14-17-13-28(9-10-30-17)21(29)8-5-15-11-26-19-4-2-1-3-18(15)19/h1-4,6-7,11-12,17,26H,5,8-10,13-14H2. The van der Waals surface area contributed by atoms with E-state index in [1.807, 2.05) is 30.5 Å². The Morgan fingerprint density at radius 2 is 2.10 bits per heavy atom. The quantitative estimate of drug-likeness (QED) is 0.642. The van der Waals surface area contributed by atoms with E-state index in [1.54, 1.807) is 4.90 Å². The van der Waals surface area contributed by atoms with Crippen LogP contribution in [-0.4, -0.2) is 53.2 Å². The minimum Gasteiger partial charge on any atom is -0.475 e. The number of aromatic amines is 1. The van der Waals surface area contributed by atoms with Gasteiger partial charge >= 0.3 is 6.18 Å². The third kappa shape index (κ3) is 5.16. The van der Waals surface area contributed by atoms with Gasteiger partial charge in [-0.25, -0.2) is 4.98 Å². The molecular weight excluding hydrogens is 411 g/mol. The van der Waals surface area contributed by atoms with Crippen molar-refractivity contribution in [3.8, 4) is 5.88 Å². The number of aromatic nitrogens is 2. The molecule has 1 fully saturated rings. The first-order chi connectivity index (χ1) is 14.9. The zero-order chi connectivity index (χ0) is 21.8. The van der Waals surface area contributed by atoms with Crippen molar-refractivity contribution in [2.45, 2.75) is 25.1 Å². The molecule has 6 nitrogen and oxygen atoms in total. The molecule has 0 spiro atoms. The normalized spacial score (nSPS) is 17.1. The number of rotatable bonds is 6. The van der Waals surface area contributed by atoms with Crippen molar-refractivity contribution in [2.75, 3.05) is 26.3 Å². The molecule has 1 unspecified atom stereocenters. The number of carbonyl (C=O) groups is 1. The Labute approximate surface area is 177 Å². The Balaban J connectivity index is 1.27. The number of pyridine rings is 1. The van der Waals surface area contributed by atoms with Crippen LogP contribution >= 0.6 is 0 Å². The average molecular weight is 433 g/mol. The van der Waals surface area contributed by atoms with Gasteiger partial charge < -0.3 is 19.4 Å². The Kier molecular flexibility index (Phi) is 6.13. The Bertz CT molecular complexity index is 1030. The summed E-state index contributed by atoms with van der Waals surface area (Å²) in [4.78, 5) is 21.3. The predicted molar refractivity (Wildman–Crippen MR) is 108 cm³/mol. The molecule has 31 heavy (non-hydrogen) atoms. The highest BCUT2D eigenvalue weighted by Gasteiger charge is 2.31. The minimum atomic E-state index is -4.44. The maximum Gasteiger partial charge on any atom is 0.417 e. The van der Waals surface area contributed by atoms with Crippen LogP contribution in [0.3, 0.4) is 0 Å². The van der Waals surface area contributed by atoms with Crippen molar-refractivity contribution in [2.24, 2.45) is 0 Å². The largest absolute Gasteiger partial charge is 0.475 e. The number of para-hydroxylation sites is 1. The zero-order valence-electron chi connectivity index (χ0n) is 16.7. The van der Waals surface area contributed by atoms with Crippen LogP contribution in [0.15, 0.2) is 48.8 Å². The molecule has 0 bridgehead atoms. The fourth-order valence-corrected chi connectivity index (χ4v) is 3.60. The number of alkyl halides is 3. The number of benzene rings is 1. The molecule has 1 atom stereocenters. The summed E-state index contributed by atoms with van der Waals surface area (Å²) in [5.41, 5.74) is 1.32. The number of hydrogen-bond donors (Lipinski definition) is 1. The van der Waals surface area contributed by atoms with Crippen LogP contribution < -0.4 is 4.74 Å². The van der Waals surface area contributed by atoms with Crippen molar-refractivity contribution in [1.29, 1.82) is 0 Å². The van der Waals surface area contributed by atoms with Crippen LogP contribution in [0.4, 0.5) is 13.2 Å². The van der Waals surface area contributed by atoms with Crippen molar-refractivity contribution >= 4 is 16.8 Å². The molecule has 0 radical (unpaired) electrons. The summed E-state index contributed by atoms with van der Waals surface area (Å²) in [7, 11) is 0. The SMILES string of the molecule is O=C(CCc1c[nH]c2ccccc12)N1CCOC(COc2ccc(C(F)(F)F)cn2)C1. The summed E-state index contributed by atoms with van der Waals surface area (Å²) < 4.78 is 48.9. The van der Waals surface area contributed by atoms with E-state index in [0.29, 0.717) is 32.5 Å². The molecule has 4 rings (SSSR count). The number of amides is 1. The second-order valence-electron chi connectivity index (χ2n) is 7.39. The summed E-state index contributed by atoms with van der Waals surface area (Å²) >= 11 is 0. The molecule has 1 saturated heterocycles. The van der Waals surface area contributed by atoms with Crippen molar-refractivity contribution in [3.05, 3.63) is 59.9 Å². The monoisotopic (exact) mass is 433 g/mol. The van der Waals surface area contributed by atoms with E-state index in [4.69, 9.17) is 9.47 Å². The number of ether oxygens (including phenoxy) is 2. The number of H-pyrrole nitrogens is 1. The molecule has 1 aliphatic heterocycles. The van der Waals surface area contributed by atoms with Crippen molar-refractivity contribution < 1.29 is 27.4 Å². The summed E-state index contributed by atoms with van der Waals surface area (Å²) in [5.74, 6) is 0.116. The maximum absolute atomic E-state index is 12.7. The van der Waals surface area contributed by atoms with E-state index in [9.17, 15) is 18.0 Å². The number of aryl methyl sites for hydroxylation is 1. The first-order valence-corrected chi connectivity index (χ1v) is 10.0. The lowest BCUT2D eigenvalue weighted by Crippen LogP contribution is -2.47. The number of fused-ring (bicyclic) bond motifs is 1. The highest BCUT2D eigenvalue weighted by molar-refractivity contribution is 5.84. The van der Waals surface area contributed by atoms with Crippen LogP contribution in [0, 0.1) is 0 Å². The molecule has 3 heterocycles. The lowest BCUT2D eigenvalue weighted by molar-refractivity contribution is -0.139. The smallest absolute Gasteiger partial charge is 0.417 e. The first kappa shape index (κ1) is 21.2. The highest BCUT2D eigenvalue weighted by Crippen LogP contribution is 2.29. The van der Waals surface area contributed by atoms with Crippen LogP contribution in [0.5, 0.6) is 5.88 Å². The van der Waals surface area contributed by atoms with Crippen LogP contribution in [-0.2, 0) is 22.1 Å². The van der Waals surface area contributed by atoms with Crippen molar-refractivity contribution in [1.82, 2.24) is 14.9 Å². The van der Waals surface area contributed by atoms with Gasteiger partial charge in [0, 0.05) is 42.3 Å². The number of nitrogens with one attached hydrogen (secondary N) is 1. The molecule has 1 amide bonds. The Hall–Kier alpha value is -3.07. The Morgan fingerprint density at radius 1 is 1.26 bits per heavy atom. The topological polar surface area (TPSA) is 67.5 Å². The molecule has 0 aliphatic carbocycles. The van der Waals surface area contributed by atoms with Gasteiger partial charge in [0.2, 0.25) is 11.8 Å². The summed E-state index contributed by atoms with van der Waals surface area (Å²) in [5, 5.41) is 1.12. The van der Waals surface area contributed by atoms with Crippen LogP contribution in [0.25, 0.3) is 10.9 Å². The fourth-order valence-electron chi connectivity index (χ4n) is 3.60. The van der Waals surface area contributed by atoms with Gasteiger partial charge in [-0.05, 0) is 24.1 Å². The van der Waals surface area contributed by atoms with Gasteiger partial charge in [0.1, 0.15) is 12.7 Å². The molecule has 164 valence electrons. The number of carbonyl (C=O) groups excluding carboxylic acids is 1. The fraction of sp³-hybridized carbons (Fsp3) is 0.364. The van der Waals surface area contributed by atoms with E-state index in [0.717, 1.165) is 28.7 Å². The Morgan fingerprint density at radius 3 is 2.87 bits per heavy atom. The maximum atomic E-state index is 12.7. The second kappa shape index (κ2) is 8.97. The number of nitrogens with zero attached hydrogens (tertiary/aromatic N) is 2. The van der Waals surface area contributed by atoms with Gasteiger partial charge in [-0.2, -0.15) is 13.2 Å². The highest BCUT2D eigenvalue weighted by atomic mass is 19.4. The molecule has 1 aliphatic rings. The van der Waals surface area contributed by atoms with Gasteiger partial charge in [-0.15, -0.1) is 0 Å². The molecular formula is C22H22F3N3O3. The summed E-state index contributed by atoms with van der Waals surface area (Å²) in [6, 6.07) is 10.1. The lowest BCUT2D eigenvalue weighted by Gasteiger charge is -2.32. The number of morpholine rings is 1. The molecule has 1 N–H and O–H groups in total. The predicted octanol–water partition coefficient (Wildman–Crippen LogP) is 3.82. The van der Waals surface area contributed by atoms with Crippen molar-refractivity contribution in [3.63, 3.8) is 0 Å². The molecule has 2 aromatic heterocycles. The molecule has 9 heteroatoms. The lowest BCUT2D eigenvalue weighted by atomic mass is 10.1. The van der Waals surface area contributed by atoms with Crippen LogP contribution in [0.1, 0.15) is 17.5 Å². The van der Waals surface area contributed by atoms with E-state index in [1.165, 1.54) is 6.07 Å². The number of halogens is 3. The third-order valence-electron chi connectivity index (χ3n) is 5.26. The second-order valence-corrected chi connectivity index (χ2v) is 7.39. The average Bonchev–Trinajstić information content (AvgIpc) is 3.19. The summed E-state index contributed by atoms with van der Waals surface area (Å²) in [6.45, 7) is 1.35. The first-order valence-electron chi connectivity index (χ1n) is 10.0. The third-order valence-corrected chi connectivity index (χ3v) is 5.26. The molecule has 1 aromatic carbocycles. The summed E-state index contributed by atoms with van der Waals surface area (Å²) in [6.07, 6.45) is -1.12. The van der Waals surface area contributed by atoms with E-state index in [2.05, 4.69) is 9.97 Å². The van der Waals surface area contributed by atoms with E-state index >= 15 is 0 Å². The van der Waals surface area contributed by atoms with Gasteiger partial charge in [-0.3, -0.25) is 4.79 Å². The number of hydrogen-bond acceptors (Lipinski definition) is 4. The molecule has 0 saturated carbocycles. The van der Waals surface area contributed by atoms with E-state index in [-0.39, 0.29) is 24.5 Å². The van der Waals surface area contributed by atoms with Gasteiger partial charge in [0.25, 0.3) is 0 Å². The van der Waals surface area contributed by atoms with Gasteiger partial charge in [0.05, 0.1) is 18.7 Å².